The van der Waals surface area contributed by atoms with Crippen molar-refractivity contribution >= 4 is 23.8 Å². The second-order valence-electron chi connectivity index (χ2n) is 8.66. The number of rotatable bonds is 12. The van der Waals surface area contributed by atoms with Crippen LogP contribution < -0.4 is 10.6 Å². The van der Waals surface area contributed by atoms with E-state index in [0.29, 0.717) is 12.8 Å². The number of carbonyl (C=O) groups excluding carboxylic acids is 4. The van der Waals surface area contributed by atoms with Gasteiger partial charge in [-0.1, -0.05) is 36.4 Å². The predicted molar refractivity (Wildman–Crippen MR) is 125 cm³/mol. The fourth-order valence-electron chi connectivity index (χ4n) is 4.37. The monoisotopic (exact) mass is 468 g/mol. The van der Waals surface area contributed by atoms with Crippen LogP contribution in [0.2, 0.25) is 0 Å². The Morgan fingerprint density at radius 1 is 0.882 bits per heavy atom. The van der Waals surface area contributed by atoms with Crippen LogP contribution in [0.1, 0.15) is 37.8 Å². The van der Waals surface area contributed by atoms with E-state index in [1.165, 1.54) is 0 Å². The lowest BCUT2D eigenvalue weighted by Crippen LogP contribution is -2.39. The van der Waals surface area contributed by atoms with Gasteiger partial charge in [-0.25, -0.2) is 0 Å². The van der Waals surface area contributed by atoms with Gasteiger partial charge in [-0.05, 0) is 37.8 Å². The van der Waals surface area contributed by atoms with Crippen molar-refractivity contribution in [3.8, 4) is 0 Å². The van der Waals surface area contributed by atoms with Crippen LogP contribution in [-0.2, 0) is 41.7 Å². The molecule has 2 aliphatic carbocycles. The summed E-state index contributed by atoms with van der Waals surface area (Å²) in [5.41, 5.74) is -0.774. The number of hydrogen-bond acceptors (Lipinski definition) is 6. The molecule has 2 aliphatic rings. The molecule has 0 aliphatic heterocycles. The highest BCUT2D eigenvalue weighted by molar-refractivity contribution is 6.07. The number of nitrogens with one attached hydrogen (secondary N) is 2. The Bertz CT molecular complexity index is 930. The predicted octanol–water partition coefficient (Wildman–Crippen LogP) is 2.43. The maximum atomic E-state index is 12.8. The minimum atomic E-state index is -1.20. The van der Waals surface area contributed by atoms with Gasteiger partial charge in [0, 0.05) is 24.9 Å². The van der Waals surface area contributed by atoms with Gasteiger partial charge in [0.2, 0.25) is 11.8 Å². The maximum Gasteiger partial charge on any atom is 0.322 e. The van der Waals surface area contributed by atoms with Crippen molar-refractivity contribution in [3.05, 3.63) is 60.7 Å². The molecule has 4 atom stereocenters. The minimum absolute atomic E-state index is 0.205. The molecule has 2 fully saturated rings. The van der Waals surface area contributed by atoms with E-state index in [9.17, 15) is 19.2 Å². The van der Waals surface area contributed by atoms with Gasteiger partial charge in [0.05, 0.1) is 13.2 Å². The number of carbonyl (C=O) groups is 4. The quantitative estimate of drug-likeness (QED) is 0.277. The van der Waals surface area contributed by atoms with Crippen LogP contribution in [-0.4, -0.2) is 37.0 Å². The van der Waals surface area contributed by atoms with E-state index in [1.54, 1.807) is 26.0 Å². The van der Waals surface area contributed by atoms with Gasteiger partial charge >= 0.3 is 11.9 Å². The Labute approximate surface area is 199 Å². The smallest absolute Gasteiger partial charge is 0.322 e. The summed E-state index contributed by atoms with van der Waals surface area (Å²) >= 11 is 0. The van der Waals surface area contributed by atoms with Crippen LogP contribution in [0.5, 0.6) is 0 Å². The normalized spacial score (nSPS) is 26.5. The van der Waals surface area contributed by atoms with E-state index in [2.05, 4.69) is 23.8 Å². The molecule has 0 aromatic heterocycles. The number of allylic oxidation sites excluding steroid dienone is 2. The topological polar surface area (TPSA) is 111 Å². The Balaban J connectivity index is 1.59. The summed E-state index contributed by atoms with van der Waals surface area (Å²) < 4.78 is 10.2. The summed E-state index contributed by atoms with van der Waals surface area (Å²) in [5, 5.41) is 5.65. The lowest BCUT2D eigenvalue weighted by atomic mass is 10.0. The van der Waals surface area contributed by atoms with E-state index in [0.717, 1.165) is 11.1 Å². The van der Waals surface area contributed by atoms with E-state index >= 15 is 0 Å². The van der Waals surface area contributed by atoms with Gasteiger partial charge in [-0.15, -0.1) is 13.2 Å². The molecule has 0 bridgehead atoms. The first-order valence-electron chi connectivity index (χ1n) is 11.5. The molecule has 0 spiro atoms. The molecule has 2 amide bonds. The van der Waals surface area contributed by atoms with E-state index in [-0.39, 0.29) is 50.0 Å². The third-order valence-electron chi connectivity index (χ3n) is 6.59. The molecule has 1 aromatic carbocycles. The molecule has 1 aromatic rings. The van der Waals surface area contributed by atoms with Crippen LogP contribution in [0.25, 0.3) is 0 Å². The zero-order valence-corrected chi connectivity index (χ0v) is 19.7. The molecular weight excluding hydrogens is 436 g/mol. The summed E-state index contributed by atoms with van der Waals surface area (Å²) in [5.74, 6) is -2.28. The molecule has 4 unspecified atom stereocenters. The summed E-state index contributed by atoms with van der Waals surface area (Å²) in [6, 6.07) is 7.35. The van der Waals surface area contributed by atoms with Crippen LogP contribution in [0.15, 0.2) is 49.6 Å². The molecule has 182 valence electrons. The lowest BCUT2D eigenvalue weighted by molar-refractivity contribution is -0.156. The second kappa shape index (κ2) is 10.2. The molecular formula is C26H32N2O6. The summed E-state index contributed by atoms with van der Waals surface area (Å²) in [7, 11) is 0. The van der Waals surface area contributed by atoms with Gasteiger partial charge in [0.25, 0.3) is 0 Å². The summed E-state index contributed by atoms with van der Waals surface area (Å²) in [4.78, 5) is 50.3. The van der Waals surface area contributed by atoms with Crippen molar-refractivity contribution in [1.29, 1.82) is 0 Å². The zero-order valence-electron chi connectivity index (χ0n) is 19.7. The average Bonchev–Trinajstić information content (AvgIpc) is 3.74. The number of ether oxygens (including phenoxy) is 2. The first-order valence-corrected chi connectivity index (χ1v) is 11.5. The van der Waals surface area contributed by atoms with Crippen LogP contribution in [0, 0.1) is 22.7 Å². The largest absolute Gasteiger partial charge is 0.465 e. The first-order chi connectivity index (χ1) is 16.3. The van der Waals surface area contributed by atoms with E-state index in [4.69, 9.17) is 9.47 Å². The van der Waals surface area contributed by atoms with Crippen molar-refractivity contribution in [1.82, 2.24) is 10.6 Å². The highest BCUT2D eigenvalue weighted by Gasteiger charge is 2.66. The number of hydrogen-bond donors (Lipinski definition) is 2. The van der Waals surface area contributed by atoms with Crippen molar-refractivity contribution in [2.75, 3.05) is 13.2 Å². The van der Waals surface area contributed by atoms with Crippen LogP contribution in [0.4, 0.5) is 0 Å². The van der Waals surface area contributed by atoms with Crippen molar-refractivity contribution in [2.24, 2.45) is 22.7 Å². The molecule has 2 N–H and O–H groups in total. The Morgan fingerprint density at radius 3 is 1.62 bits per heavy atom. The summed E-state index contributed by atoms with van der Waals surface area (Å²) in [6.07, 6.45) is 4.00. The Hall–Kier alpha value is -3.42. The fourth-order valence-corrected chi connectivity index (χ4v) is 4.37. The summed E-state index contributed by atoms with van der Waals surface area (Å²) in [6.45, 7) is 11.7. The number of amides is 2. The van der Waals surface area contributed by atoms with Crippen LogP contribution >= 0.6 is 0 Å². The lowest BCUT2D eigenvalue weighted by Gasteiger charge is -2.16. The van der Waals surface area contributed by atoms with E-state index in [1.807, 2.05) is 24.3 Å². The van der Waals surface area contributed by atoms with E-state index < -0.39 is 22.8 Å². The highest BCUT2D eigenvalue weighted by atomic mass is 16.5. The Morgan fingerprint density at radius 2 is 1.29 bits per heavy atom. The van der Waals surface area contributed by atoms with Crippen LogP contribution in [0.3, 0.4) is 0 Å². The fraction of sp³-hybridized carbons (Fsp3) is 0.462. The molecule has 0 heterocycles. The third-order valence-corrected chi connectivity index (χ3v) is 6.59. The number of esters is 2. The van der Waals surface area contributed by atoms with Crippen molar-refractivity contribution in [2.45, 2.75) is 39.8 Å². The molecule has 2 saturated carbocycles. The molecule has 3 rings (SSSR count). The van der Waals surface area contributed by atoms with Gasteiger partial charge in [0.1, 0.15) is 0 Å². The molecule has 34 heavy (non-hydrogen) atoms. The zero-order chi connectivity index (χ0) is 24.9. The first kappa shape index (κ1) is 25.2. The van der Waals surface area contributed by atoms with Crippen molar-refractivity contribution < 1.29 is 28.7 Å². The standard InChI is InChI=1S/C26H32N2O6/c1-5-19-13-25(19,23(31)33-7-3)21(29)27-15-17-10-9-11-18(12-17)16-28-22(30)26(14-20(26)6-2)24(32)34-8-4/h5-6,9-12,19-20H,1-2,7-8,13-16H2,3-4H3,(H,27,29)(H,28,30). The minimum Gasteiger partial charge on any atom is -0.465 e. The Kier molecular flexibility index (Phi) is 7.59. The van der Waals surface area contributed by atoms with Gasteiger partial charge in [-0.2, -0.15) is 0 Å². The molecule has 8 heteroatoms. The van der Waals surface area contributed by atoms with Gasteiger partial charge in [0.15, 0.2) is 10.8 Å². The highest BCUT2D eigenvalue weighted by Crippen LogP contribution is 2.55. The number of benzene rings is 1. The molecule has 0 saturated heterocycles. The average molecular weight is 469 g/mol. The molecule has 0 radical (unpaired) electrons. The van der Waals surface area contributed by atoms with Gasteiger partial charge < -0.3 is 20.1 Å². The third kappa shape index (κ3) is 4.62. The van der Waals surface area contributed by atoms with Gasteiger partial charge in [-0.3, -0.25) is 19.2 Å². The second-order valence-corrected chi connectivity index (χ2v) is 8.66. The molecule has 8 nitrogen and oxygen atoms in total. The SMILES string of the molecule is C=CC1CC1(C(=O)NCc1cccc(CNC(=O)C2(C(=O)OCC)CC2C=C)c1)C(=O)OCC. The van der Waals surface area contributed by atoms with Crippen molar-refractivity contribution in [3.63, 3.8) is 0 Å². The maximum absolute atomic E-state index is 12.8.